The Kier molecular flexibility index (Phi) is 6.70. The lowest BCUT2D eigenvalue weighted by atomic mass is 10.0. The molecular formula is C16H17BN2OS. The predicted molar refractivity (Wildman–Crippen MR) is 88.6 cm³/mol. The van der Waals surface area contributed by atoms with E-state index in [0.717, 1.165) is 21.7 Å². The summed E-state index contributed by atoms with van der Waals surface area (Å²) in [6.45, 7) is 7.85. The number of nitriles is 1. The summed E-state index contributed by atoms with van der Waals surface area (Å²) in [6.07, 6.45) is 0. The minimum absolute atomic E-state index is 0.372. The van der Waals surface area contributed by atoms with Gasteiger partial charge >= 0.3 is 8.05 Å². The lowest BCUT2D eigenvalue weighted by Gasteiger charge is -2.09. The Morgan fingerprint density at radius 3 is 2.29 bits per heavy atom. The van der Waals surface area contributed by atoms with Crippen molar-refractivity contribution in [1.82, 2.24) is 4.37 Å². The summed E-state index contributed by atoms with van der Waals surface area (Å²) < 4.78 is 9.22. The number of nitrogens with zero attached hydrogens (tertiary/aromatic N) is 2. The van der Waals surface area contributed by atoms with Crippen molar-refractivity contribution in [3.05, 3.63) is 52.0 Å². The van der Waals surface area contributed by atoms with E-state index < -0.39 is 0 Å². The van der Waals surface area contributed by atoms with Crippen LogP contribution in [0.15, 0.2) is 30.3 Å². The predicted octanol–water partition coefficient (Wildman–Crippen LogP) is 4.28. The highest BCUT2D eigenvalue weighted by molar-refractivity contribution is 7.07. The number of benzene rings is 1. The molecule has 106 valence electrons. The van der Waals surface area contributed by atoms with Crippen molar-refractivity contribution in [2.45, 2.75) is 27.7 Å². The summed E-state index contributed by atoms with van der Waals surface area (Å²) in [4.78, 5) is 0.792. The second kappa shape index (κ2) is 8.28. The molecule has 0 N–H and O–H groups in total. The Labute approximate surface area is 131 Å². The Balaban J connectivity index is 0.00000106. The topological polar surface area (TPSA) is 45.9 Å². The number of aromatic nitrogens is 1. The first-order valence-corrected chi connectivity index (χ1v) is 7.46. The molecule has 2 radical (unpaired) electrons. The van der Waals surface area contributed by atoms with Gasteiger partial charge in [-0.1, -0.05) is 44.2 Å². The molecule has 0 unspecified atom stereocenters. The van der Waals surface area contributed by atoms with E-state index in [4.69, 9.17) is 12.7 Å². The van der Waals surface area contributed by atoms with E-state index in [1.807, 2.05) is 58.0 Å². The summed E-state index contributed by atoms with van der Waals surface area (Å²) in [5, 5.41) is 9.38. The average molecular weight is 296 g/mol. The van der Waals surface area contributed by atoms with Crippen molar-refractivity contribution in [2.75, 3.05) is 0 Å². The van der Waals surface area contributed by atoms with Gasteiger partial charge in [0.15, 0.2) is 0 Å². The first-order chi connectivity index (χ1) is 10.2. The average Bonchev–Trinajstić information content (AvgIpc) is 2.87. The largest absolute Gasteiger partial charge is 0.566 e. The van der Waals surface area contributed by atoms with Gasteiger partial charge in [-0.25, -0.2) is 0 Å². The van der Waals surface area contributed by atoms with E-state index in [-0.39, 0.29) is 0 Å². The second-order valence-corrected chi connectivity index (χ2v) is 4.80. The van der Waals surface area contributed by atoms with Gasteiger partial charge in [0.05, 0.1) is 10.6 Å². The van der Waals surface area contributed by atoms with Crippen molar-refractivity contribution in [1.29, 1.82) is 5.26 Å². The van der Waals surface area contributed by atoms with E-state index in [2.05, 4.69) is 10.4 Å². The highest BCUT2D eigenvalue weighted by atomic mass is 32.1. The number of allylic oxidation sites excluding steroid dienone is 1. The van der Waals surface area contributed by atoms with Gasteiger partial charge < -0.3 is 4.65 Å². The van der Waals surface area contributed by atoms with Gasteiger partial charge in [-0.05, 0) is 36.5 Å². The van der Waals surface area contributed by atoms with Gasteiger partial charge in [-0.2, -0.15) is 9.64 Å². The Morgan fingerprint density at radius 2 is 1.86 bits per heavy atom. The fourth-order valence-electron chi connectivity index (χ4n) is 1.70. The van der Waals surface area contributed by atoms with Crippen molar-refractivity contribution in [2.24, 2.45) is 0 Å². The van der Waals surface area contributed by atoms with Crippen LogP contribution >= 0.6 is 11.5 Å². The van der Waals surface area contributed by atoms with Gasteiger partial charge in [-0.15, -0.1) is 0 Å². The molecule has 0 amide bonds. The number of hydrogen-bond acceptors (Lipinski definition) is 4. The van der Waals surface area contributed by atoms with Crippen LogP contribution in [0.3, 0.4) is 0 Å². The maximum atomic E-state index is 9.38. The van der Waals surface area contributed by atoms with Crippen LogP contribution in [0, 0.1) is 25.2 Å². The van der Waals surface area contributed by atoms with Crippen LogP contribution in [-0.4, -0.2) is 12.4 Å². The molecule has 0 bridgehead atoms. The van der Waals surface area contributed by atoms with Gasteiger partial charge in [0.2, 0.25) is 0 Å². The summed E-state index contributed by atoms with van der Waals surface area (Å²) in [5.74, 6) is 0.372. The summed E-state index contributed by atoms with van der Waals surface area (Å²) >= 11 is 1.28. The summed E-state index contributed by atoms with van der Waals surface area (Å²) in [6, 6.07) is 11.5. The molecule has 0 aliphatic heterocycles. The molecule has 0 saturated carbocycles. The second-order valence-electron chi connectivity index (χ2n) is 4.02. The van der Waals surface area contributed by atoms with Crippen LogP contribution in [0.1, 0.15) is 35.5 Å². The molecule has 2 rings (SSSR count). The molecule has 3 nitrogen and oxygen atoms in total. The molecule has 0 fully saturated rings. The van der Waals surface area contributed by atoms with E-state index in [0.29, 0.717) is 11.3 Å². The fraction of sp³-hybridized carbons (Fsp3) is 0.250. The van der Waals surface area contributed by atoms with E-state index >= 15 is 0 Å². The van der Waals surface area contributed by atoms with Crippen LogP contribution in [0.2, 0.25) is 0 Å². The first kappa shape index (κ1) is 17.0. The SMILES string of the molecule is CC.[B]OC(=C(C#N)c1ccccc1)c1snc(C)c1C. The summed E-state index contributed by atoms with van der Waals surface area (Å²) in [5.41, 5.74) is 3.08. The maximum Gasteiger partial charge on any atom is 0.374 e. The van der Waals surface area contributed by atoms with Crippen LogP contribution in [0.4, 0.5) is 0 Å². The Morgan fingerprint density at radius 1 is 1.24 bits per heavy atom. The molecule has 1 aromatic carbocycles. The third-order valence-corrected chi connectivity index (χ3v) is 3.92. The molecule has 0 aliphatic rings. The van der Waals surface area contributed by atoms with Gasteiger partial charge in [-0.3, -0.25) is 0 Å². The normalized spacial score (nSPS) is 10.8. The lowest BCUT2D eigenvalue weighted by molar-refractivity contribution is 0.576. The quantitative estimate of drug-likeness (QED) is 0.482. The third-order valence-electron chi connectivity index (χ3n) is 2.88. The van der Waals surface area contributed by atoms with E-state index in [1.165, 1.54) is 11.5 Å². The van der Waals surface area contributed by atoms with Crippen molar-refractivity contribution >= 4 is 30.9 Å². The first-order valence-electron chi connectivity index (χ1n) is 6.68. The van der Waals surface area contributed by atoms with Gasteiger partial charge in [0.25, 0.3) is 0 Å². The van der Waals surface area contributed by atoms with Crippen molar-refractivity contribution in [3.8, 4) is 6.07 Å². The molecule has 0 saturated heterocycles. The van der Waals surface area contributed by atoms with Gasteiger partial charge in [0.1, 0.15) is 17.4 Å². The smallest absolute Gasteiger partial charge is 0.374 e. The number of aryl methyl sites for hydroxylation is 1. The van der Waals surface area contributed by atoms with Crippen LogP contribution < -0.4 is 0 Å². The van der Waals surface area contributed by atoms with Crippen molar-refractivity contribution in [3.63, 3.8) is 0 Å². The fourth-order valence-corrected chi connectivity index (χ4v) is 2.59. The molecular weight excluding hydrogens is 279 g/mol. The lowest BCUT2D eigenvalue weighted by Crippen LogP contribution is -1.94. The van der Waals surface area contributed by atoms with Crippen molar-refractivity contribution < 1.29 is 4.65 Å². The molecule has 5 heteroatoms. The molecule has 2 aromatic rings. The van der Waals surface area contributed by atoms with Crippen LogP contribution in [-0.2, 0) is 4.65 Å². The highest BCUT2D eigenvalue weighted by Gasteiger charge is 2.17. The minimum atomic E-state index is 0.372. The zero-order chi connectivity index (χ0) is 15.8. The third kappa shape index (κ3) is 3.74. The molecule has 0 aliphatic carbocycles. The summed E-state index contributed by atoms with van der Waals surface area (Å²) in [7, 11) is 5.37. The zero-order valence-corrected chi connectivity index (χ0v) is 13.5. The molecule has 1 aromatic heterocycles. The number of rotatable bonds is 3. The molecule has 21 heavy (non-hydrogen) atoms. The zero-order valence-electron chi connectivity index (χ0n) is 12.7. The monoisotopic (exact) mass is 296 g/mol. The van der Waals surface area contributed by atoms with Crippen LogP contribution in [0.25, 0.3) is 11.3 Å². The Bertz CT molecular complexity index is 657. The molecule has 1 heterocycles. The van der Waals surface area contributed by atoms with E-state index in [1.54, 1.807) is 0 Å². The highest BCUT2D eigenvalue weighted by Crippen LogP contribution is 2.32. The van der Waals surface area contributed by atoms with Crippen LogP contribution in [0.5, 0.6) is 0 Å². The Hall–Kier alpha value is -2.06. The minimum Gasteiger partial charge on any atom is -0.566 e. The van der Waals surface area contributed by atoms with E-state index in [9.17, 15) is 5.26 Å². The molecule has 0 spiro atoms. The maximum absolute atomic E-state index is 9.38. The number of hydrogen-bond donors (Lipinski definition) is 0. The standard InChI is InChI=1S/C14H11BN2OS.C2H6/c1-9-10(2)17-19-14(9)13(18-15)12(8-16)11-6-4-3-5-7-11;1-2/h3-7H,1-2H3;1-2H3. The van der Waals surface area contributed by atoms with Gasteiger partial charge in [0, 0.05) is 0 Å². The molecule has 0 atom stereocenters.